The van der Waals surface area contributed by atoms with Gasteiger partial charge in [-0.2, -0.15) is 0 Å². The lowest BCUT2D eigenvalue weighted by atomic mass is 9.70. The van der Waals surface area contributed by atoms with Crippen molar-refractivity contribution in [2.45, 2.75) is 56.5 Å². The zero-order chi connectivity index (χ0) is 24.2. The molecular formula is C27H31N5O3. The fourth-order valence-electron chi connectivity index (χ4n) is 5.99. The number of nitrogens with zero attached hydrogens (tertiary/aromatic N) is 4. The summed E-state index contributed by atoms with van der Waals surface area (Å²) in [6.45, 7) is 7.00. The van der Waals surface area contributed by atoms with Gasteiger partial charge in [0.2, 0.25) is 5.91 Å². The molecule has 0 radical (unpaired) electrons. The Morgan fingerprint density at radius 3 is 2.74 bits per heavy atom. The van der Waals surface area contributed by atoms with Gasteiger partial charge in [0.25, 0.3) is 0 Å². The van der Waals surface area contributed by atoms with E-state index < -0.39 is 11.0 Å². The summed E-state index contributed by atoms with van der Waals surface area (Å²) in [4.78, 5) is 28.7. The molecule has 0 bridgehead atoms. The fourth-order valence-corrected chi connectivity index (χ4v) is 5.99. The van der Waals surface area contributed by atoms with Crippen LogP contribution >= 0.6 is 0 Å². The number of carbonyl (C=O) groups excluding carboxylic acids is 1. The van der Waals surface area contributed by atoms with E-state index in [1.54, 1.807) is 12.5 Å². The highest BCUT2D eigenvalue weighted by Crippen LogP contribution is 2.46. The molecule has 0 atom stereocenters. The Kier molecular flexibility index (Phi) is 5.27. The fraction of sp³-hybridized carbons (Fsp3) is 0.481. The van der Waals surface area contributed by atoms with E-state index in [2.05, 4.69) is 44.2 Å². The normalized spacial score (nSPS) is 25.3. The highest BCUT2D eigenvalue weighted by Gasteiger charge is 2.48. The molecule has 1 amide bonds. The molecule has 8 nitrogen and oxygen atoms in total. The lowest BCUT2D eigenvalue weighted by molar-refractivity contribution is -0.122. The second-order valence-electron chi connectivity index (χ2n) is 10.7. The van der Waals surface area contributed by atoms with Crippen molar-refractivity contribution in [1.29, 1.82) is 0 Å². The van der Waals surface area contributed by atoms with Crippen LogP contribution in [-0.2, 0) is 10.2 Å². The number of hydrogen-bond donors (Lipinski definition) is 2. The maximum absolute atomic E-state index is 12.9. The Morgan fingerprint density at radius 2 is 1.97 bits per heavy atom. The zero-order valence-electron chi connectivity index (χ0n) is 20.3. The van der Waals surface area contributed by atoms with Gasteiger partial charge in [-0.15, -0.1) is 0 Å². The Labute approximate surface area is 204 Å². The molecule has 8 heteroatoms. The smallest absolute Gasteiger partial charge is 0.235 e. The van der Waals surface area contributed by atoms with Crippen molar-refractivity contribution in [2.24, 2.45) is 0 Å². The molecule has 0 unspecified atom stereocenters. The van der Waals surface area contributed by atoms with Crippen LogP contribution in [0.4, 0.5) is 5.69 Å². The molecule has 2 aliphatic heterocycles. The van der Waals surface area contributed by atoms with Gasteiger partial charge >= 0.3 is 0 Å². The maximum atomic E-state index is 12.9. The van der Waals surface area contributed by atoms with Gasteiger partial charge in [-0.1, -0.05) is 17.7 Å². The average molecular weight is 474 g/mol. The lowest BCUT2D eigenvalue weighted by Gasteiger charge is -2.40. The Morgan fingerprint density at radius 1 is 1.17 bits per heavy atom. The summed E-state index contributed by atoms with van der Waals surface area (Å²) in [6, 6.07) is 8.16. The molecule has 2 fully saturated rings. The third-order valence-corrected chi connectivity index (χ3v) is 8.00. The number of rotatable bonds is 5. The number of aromatic nitrogens is 3. The van der Waals surface area contributed by atoms with Gasteiger partial charge < -0.3 is 15.2 Å². The van der Waals surface area contributed by atoms with E-state index >= 15 is 0 Å². The average Bonchev–Trinajstić information content (AvgIpc) is 3.08. The molecule has 3 aromatic rings. The number of piperidine rings is 1. The number of carbonyl (C=O) groups is 1. The summed E-state index contributed by atoms with van der Waals surface area (Å²) in [5.41, 5.74) is 4.77. The van der Waals surface area contributed by atoms with Crippen LogP contribution in [-0.4, -0.2) is 62.7 Å². The van der Waals surface area contributed by atoms with Crippen LogP contribution in [0.25, 0.3) is 11.0 Å². The van der Waals surface area contributed by atoms with Crippen molar-refractivity contribution < 1.29 is 14.6 Å². The molecule has 2 N–H and O–H groups in total. The van der Waals surface area contributed by atoms with Crippen LogP contribution in [0, 0.1) is 6.92 Å². The van der Waals surface area contributed by atoms with E-state index in [4.69, 9.17) is 4.74 Å². The monoisotopic (exact) mass is 473 g/mol. The summed E-state index contributed by atoms with van der Waals surface area (Å²) in [7, 11) is 0. The van der Waals surface area contributed by atoms with Gasteiger partial charge in [0, 0.05) is 24.2 Å². The van der Waals surface area contributed by atoms with E-state index in [1.807, 2.05) is 19.1 Å². The molecule has 6 rings (SSSR count). The summed E-state index contributed by atoms with van der Waals surface area (Å²) >= 11 is 0. The SMILES string of the molecule is Cc1ccc2c(c1)C1(CCN(CCOc3cnc4c(C5CC(C)(O)C5)ncnc4c3)CC1)C(=O)N2. The quantitative estimate of drug-likeness (QED) is 0.586. The molecule has 35 heavy (non-hydrogen) atoms. The summed E-state index contributed by atoms with van der Waals surface area (Å²) < 4.78 is 6.02. The third-order valence-electron chi connectivity index (χ3n) is 8.00. The minimum Gasteiger partial charge on any atom is -0.491 e. The number of nitrogens with one attached hydrogen (secondary N) is 1. The number of aliphatic hydroxyl groups is 1. The van der Waals surface area contributed by atoms with Crippen molar-refractivity contribution in [3.05, 3.63) is 53.6 Å². The molecule has 1 aliphatic carbocycles. The number of likely N-dealkylation sites (tertiary alicyclic amines) is 1. The second-order valence-corrected chi connectivity index (χ2v) is 10.7. The van der Waals surface area contributed by atoms with Crippen LogP contribution in [0.5, 0.6) is 5.75 Å². The van der Waals surface area contributed by atoms with Crippen molar-refractivity contribution in [1.82, 2.24) is 19.9 Å². The second kappa shape index (κ2) is 8.24. The van der Waals surface area contributed by atoms with Crippen LogP contribution in [0.1, 0.15) is 55.3 Å². The molecule has 2 aromatic heterocycles. The summed E-state index contributed by atoms with van der Waals surface area (Å²) in [5.74, 6) is 1.05. The predicted octanol–water partition coefficient (Wildman–Crippen LogP) is 3.33. The van der Waals surface area contributed by atoms with Crippen LogP contribution < -0.4 is 10.1 Å². The minimum absolute atomic E-state index is 0.142. The van der Waals surface area contributed by atoms with E-state index in [1.165, 1.54) is 5.56 Å². The number of anilines is 1. The van der Waals surface area contributed by atoms with E-state index in [9.17, 15) is 9.90 Å². The first kappa shape index (κ1) is 22.4. The van der Waals surface area contributed by atoms with Gasteiger partial charge in [0.05, 0.1) is 28.4 Å². The van der Waals surface area contributed by atoms with Gasteiger partial charge in [-0.05, 0) is 64.3 Å². The van der Waals surface area contributed by atoms with E-state index in [-0.39, 0.29) is 11.8 Å². The predicted molar refractivity (Wildman–Crippen MR) is 133 cm³/mol. The first-order valence-corrected chi connectivity index (χ1v) is 12.4. The molecule has 1 saturated heterocycles. The molecule has 4 heterocycles. The van der Waals surface area contributed by atoms with Crippen LogP contribution in [0.2, 0.25) is 0 Å². The number of hydrogen-bond acceptors (Lipinski definition) is 7. The van der Waals surface area contributed by atoms with Gasteiger partial charge in [-0.3, -0.25) is 9.69 Å². The number of fused-ring (bicyclic) bond motifs is 3. The van der Waals surface area contributed by atoms with Crippen LogP contribution in [0.15, 0.2) is 36.8 Å². The van der Waals surface area contributed by atoms with Crippen LogP contribution in [0.3, 0.4) is 0 Å². The number of benzene rings is 1. The largest absolute Gasteiger partial charge is 0.491 e. The summed E-state index contributed by atoms with van der Waals surface area (Å²) in [5, 5.41) is 13.2. The Bertz CT molecular complexity index is 1290. The van der Waals surface area contributed by atoms with Gasteiger partial charge in [0.15, 0.2) is 0 Å². The van der Waals surface area contributed by atoms with Crippen molar-refractivity contribution in [3.8, 4) is 5.75 Å². The molecule has 1 spiro atoms. The Balaban J connectivity index is 1.06. The summed E-state index contributed by atoms with van der Waals surface area (Å²) in [6.07, 6.45) is 6.34. The molecule has 1 saturated carbocycles. The van der Waals surface area contributed by atoms with E-state index in [0.717, 1.165) is 60.5 Å². The molecule has 1 aromatic carbocycles. The minimum atomic E-state index is -0.608. The molecular weight excluding hydrogens is 442 g/mol. The standard InChI is InChI=1S/C27H31N5O3/c1-17-3-4-21-20(11-17)27(25(33)31-21)5-7-32(8-6-27)9-10-35-19-12-22-24(28-15-19)23(30-16-29-22)18-13-26(2,34)14-18/h3-4,11-12,15-16,18,34H,5-10,13-14H2,1-2H3,(H,31,33). The van der Waals surface area contributed by atoms with Gasteiger partial charge in [0.1, 0.15) is 24.2 Å². The van der Waals surface area contributed by atoms with Crippen molar-refractivity contribution >= 4 is 22.6 Å². The van der Waals surface area contributed by atoms with Crippen molar-refractivity contribution in [2.75, 3.05) is 31.6 Å². The highest BCUT2D eigenvalue weighted by molar-refractivity contribution is 6.06. The Hall–Kier alpha value is -3.10. The van der Waals surface area contributed by atoms with Crippen molar-refractivity contribution in [3.63, 3.8) is 0 Å². The topological polar surface area (TPSA) is 100 Å². The maximum Gasteiger partial charge on any atom is 0.235 e. The highest BCUT2D eigenvalue weighted by atomic mass is 16.5. The number of amides is 1. The van der Waals surface area contributed by atoms with Gasteiger partial charge in [-0.25, -0.2) is 15.0 Å². The molecule has 182 valence electrons. The first-order valence-electron chi connectivity index (χ1n) is 12.4. The third kappa shape index (κ3) is 3.94. The lowest BCUT2D eigenvalue weighted by Crippen LogP contribution is -2.47. The number of ether oxygens (including phenoxy) is 1. The zero-order valence-corrected chi connectivity index (χ0v) is 20.3. The van der Waals surface area contributed by atoms with E-state index in [0.29, 0.717) is 25.2 Å². The number of aryl methyl sites for hydroxylation is 1. The number of pyridine rings is 1. The first-order chi connectivity index (χ1) is 16.8. The molecule has 3 aliphatic rings.